The summed E-state index contributed by atoms with van der Waals surface area (Å²) in [6.07, 6.45) is 3.80. The quantitative estimate of drug-likeness (QED) is 0.721. The molecule has 1 atom stereocenters. The summed E-state index contributed by atoms with van der Waals surface area (Å²) >= 11 is 0. The molecule has 0 N–H and O–H groups in total. The van der Waals surface area contributed by atoms with Crippen molar-refractivity contribution in [3.8, 4) is 0 Å². The van der Waals surface area contributed by atoms with E-state index in [1.165, 1.54) is 19.3 Å². The van der Waals surface area contributed by atoms with Crippen LogP contribution in [0.2, 0.25) is 18.1 Å². The second kappa shape index (κ2) is 7.27. The fraction of sp³-hybridized carbons (Fsp3) is 0.750. The van der Waals surface area contributed by atoms with Gasteiger partial charge in [0.05, 0.1) is 0 Å². The first kappa shape index (κ1) is 18.7. The van der Waals surface area contributed by atoms with Gasteiger partial charge >= 0.3 is 0 Å². The largest absolute Gasteiger partial charge is 0.416 e. The van der Waals surface area contributed by atoms with Gasteiger partial charge in [0.2, 0.25) is 0 Å². The van der Waals surface area contributed by atoms with Crippen molar-refractivity contribution in [1.29, 1.82) is 0 Å². The first-order valence-corrected chi connectivity index (χ1v) is 12.8. The minimum atomic E-state index is -1.64. The lowest BCUT2D eigenvalue weighted by atomic mass is 10.1. The second-order valence-electron chi connectivity index (χ2n) is 9.22. The molecule has 0 aromatic carbocycles. The van der Waals surface area contributed by atoms with Gasteiger partial charge in [-0.25, -0.2) is 4.98 Å². The Bertz CT molecular complexity index is 579. The van der Waals surface area contributed by atoms with Crippen molar-refractivity contribution in [2.75, 3.05) is 42.6 Å². The zero-order valence-electron chi connectivity index (χ0n) is 16.7. The maximum atomic E-state index is 6.45. The number of rotatable bonds is 5. The predicted octanol–water partition coefficient (Wildman–Crippen LogP) is 4.53. The summed E-state index contributed by atoms with van der Waals surface area (Å²) in [5, 5.41) is 0.289. The highest BCUT2D eigenvalue weighted by Crippen LogP contribution is 2.37. The van der Waals surface area contributed by atoms with Gasteiger partial charge in [-0.15, -0.1) is 0 Å². The first-order valence-electron chi connectivity index (χ1n) is 9.87. The molecule has 0 amide bonds. The van der Waals surface area contributed by atoms with E-state index < -0.39 is 8.32 Å². The van der Waals surface area contributed by atoms with Crippen molar-refractivity contribution in [1.82, 2.24) is 4.98 Å². The lowest BCUT2D eigenvalue weighted by molar-refractivity contribution is 0.238. The summed E-state index contributed by atoms with van der Waals surface area (Å²) in [4.78, 5) is 9.80. The maximum absolute atomic E-state index is 6.45. The molecule has 0 spiro atoms. The first-order chi connectivity index (χ1) is 11.8. The topological polar surface area (TPSA) is 28.6 Å². The Morgan fingerprint density at radius 2 is 1.72 bits per heavy atom. The summed E-state index contributed by atoms with van der Waals surface area (Å²) in [5.41, 5.74) is 0. The number of nitrogens with zero attached hydrogens (tertiary/aromatic N) is 3. The van der Waals surface area contributed by atoms with Crippen molar-refractivity contribution >= 4 is 20.0 Å². The predicted molar refractivity (Wildman–Crippen MR) is 109 cm³/mol. The summed E-state index contributed by atoms with van der Waals surface area (Å²) in [6.45, 7) is 17.0. The van der Waals surface area contributed by atoms with Gasteiger partial charge in [-0.05, 0) is 49.5 Å². The zero-order valence-corrected chi connectivity index (χ0v) is 17.7. The Morgan fingerprint density at radius 3 is 2.36 bits per heavy atom. The third-order valence-corrected chi connectivity index (χ3v) is 10.7. The van der Waals surface area contributed by atoms with E-state index in [4.69, 9.17) is 9.41 Å². The van der Waals surface area contributed by atoms with Crippen LogP contribution in [-0.2, 0) is 4.43 Å². The highest BCUT2D eigenvalue weighted by atomic mass is 28.4. The molecule has 4 nitrogen and oxygen atoms in total. The van der Waals surface area contributed by atoms with Crippen LogP contribution in [0.1, 0.15) is 40.0 Å². The highest BCUT2D eigenvalue weighted by Gasteiger charge is 2.38. The van der Waals surface area contributed by atoms with Gasteiger partial charge in [-0.2, -0.15) is 0 Å². The molecule has 1 aromatic heterocycles. The van der Waals surface area contributed by atoms with E-state index in [9.17, 15) is 0 Å². The molecule has 0 aliphatic carbocycles. The van der Waals surface area contributed by atoms with Crippen molar-refractivity contribution in [2.45, 2.75) is 58.2 Å². The van der Waals surface area contributed by atoms with E-state index in [1.807, 2.05) is 0 Å². The highest BCUT2D eigenvalue weighted by molar-refractivity contribution is 6.74. The Balaban J connectivity index is 1.57. The molecule has 2 aliphatic rings. The van der Waals surface area contributed by atoms with Crippen LogP contribution >= 0.6 is 0 Å². The average molecular weight is 362 g/mol. The summed E-state index contributed by atoms with van der Waals surface area (Å²) in [6, 6.07) is 6.48. The minimum absolute atomic E-state index is 0.289. The molecule has 25 heavy (non-hydrogen) atoms. The minimum Gasteiger partial charge on any atom is -0.416 e. The SMILES string of the molecule is CC(C)(C)[Si](C)(C)OC[C@H]1CCN(c2cccc(N3CCCC3)n2)C1. The molecule has 0 bridgehead atoms. The number of hydrogen-bond donors (Lipinski definition) is 0. The maximum Gasteiger partial charge on any atom is 0.191 e. The molecule has 5 heteroatoms. The van der Waals surface area contributed by atoms with Crippen LogP contribution in [0.25, 0.3) is 0 Å². The van der Waals surface area contributed by atoms with E-state index in [1.54, 1.807) is 0 Å². The molecular formula is C20H35N3OSi. The average Bonchev–Trinajstić information content (AvgIpc) is 3.24. The van der Waals surface area contributed by atoms with Crippen LogP contribution in [0.4, 0.5) is 11.6 Å². The van der Waals surface area contributed by atoms with E-state index in [-0.39, 0.29) is 5.04 Å². The van der Waals surface area contributed by atoms with Crippen molar-refractivity contribution in [3.63, 3.8) is 0 Å². The molecule has 2 aliphatic heterocycles. The second-order valence-corrected chi connectivity index (χ2v) is 14.0. The molecule has 140 valence electrons. The van der Waals surface area contributed by atoms with Gasteiger partial charge in [0.1, 0.15) is 11.6 Å². The van der Waals surface area contributed by atoms with Gasteiger partial charge in [0.25, 0.3) is 0 Å². The molecule has 0 saturated carbocycles. The number of anilines is 2. The van der Waals surface area contributed by atoms with Gasteiger partial charge in [-0.3, -0.25) is 0 Å². The molecule has 2 saturated heterocycles. The standard InChI is InChI=1S/C20H35N3OSi/c1-20(2,3)25(4,5)24-16-17-11-14-23(15-17)19-10-8-9-18(21-19)22-12-6-7-13-22/h8-10,17H,6-7,11-16H2,1-5H3/t17-/m0/s1. The van der Waals surface area contributed by atoms with Crippen molar-refractivity contribution in [3.05, 3.63) is 18.2 Å². The van der Waals surface area contributed by atoms with Crippen LogP contribution in [0.3, 0.4) is 0 Å². The number of hydrogen-bond acceptors (Lipinski definition) is 4. The van der Waals surface area contributed by atoms with Crippen LogP contribution in [0.15, 0.2) is 18.2 Å². The Hall–Kier alpha value is -1.07. The monoisotopic (exact) mass is 361 g/mol. The third kappa shape index (κ3) is 4.37. The molecule has 1 aromatic rings. The van der Waals surface area contributed by atoms with E-state index in [0.29, 0.717) is 5.92 Å². The van der Waals surface area contributed by atoms with E-state index in [2.05, 4.69) is 61.9 Å². The number of aromatic nitrogens is 1. The Kier molecular flexibility index (Phi) is 5.44. The van der Waals surface area contributed by atoms with Crippen molar-refractivity contribution in [2.24, 2.45) is 5.92 Å². The van der Waals surface area contributed by atoms with Gasteiger partial charge < -0.3 is 14.2 Å². The Labute approximate surface area is 154 Å². The zero-order chi connectivity index (χ0) is 18.1. The molecular weight excluding hydrogens is 326 g/mol. The van der Waals surface area contributed by atoms with E-state index >= 15 is 0 Å². The van der Waals surface area contributed by atoms with Gasteiger partial charge in [0.15, 0.2) is 8.32 Å². The smallest absolute Gasteiger partial charge is 0.191 e. The molecule has 3 heterocycles. The lowest BCUT2D eigenvalue weighted by Gasteiger charge is -2.37. The van der Waals surface area contributed by atoms with Crippen LogP contribution < -0.4 is 9.80 Å². The summed E-state index contributed by atoms with van der Waals surface area (Å²) in [7, 11) is -1.64. The van der Waals surface area contributed by atoms with Crippen LogP contribution in [0, 0.1) is 5.92 Å². The number of pyridine rings is 1. The van der Waals surface area contributed by atoms with E-state index in [0.717, 1.165) is 44.4 Å². The normalized spacial score (nSPS) is 22.0. The fourth-order valence-electron chi connectivity index (χ4n) is 3.43. The molecule has 0 unspecified atom stereocenters. The lowest BCUT2D eigenvalue weighted by Crippen LogP contribution is -2.42. The molecule has 3 rings (SSSR count). The molecule has 0 radical (unpaired) electrons. The third-order valence-electron chi connectivity index (χ3n) is 6.25. The summed E-state index contributed by atoms with van der Waals surface area (Å²) in [5.74, 6) is 2.92. The fourth-order valence-corrected chi connectivity index (χ4v) is 4.52. The van der Waals surface area contributed by atoms with Gasteiger partial charge in [-0.1, -0.05) is 26.8 Å². The summed E-state index contributed by atoms with van der Waals surface area (Å²) < 4.78 is 6.45. The van der Waals surface area contributed by atoms with Gasteiger partial charge in [0, 0.05) is 38.7 Å². The van der Waals surface area contributed by atoms with Crippen LogP contribution in [0.5, 0.6) is 0 Å². The van der Waals surface area contributed by atoms with Crippen molar-refractivity contribution < 1.29 is 4.43 Å². The molecule has 2 fully saturated rings. The Morgan fingerprint density at radius 1 is 1.08 bits per heavy atom. The van der Waals surface area contributed by atoms with Crippen LogP contribution in [-0.4, -0.2) is 46.1 Å².